The number of nitrogens with one attached hydrogen (secondary N) is 1. The SMILES string of the molecule is CCNc1nc(C)c(C)nc1-c1cc(F)ccc1F. The Morgan fingerprint density at radius 2 is 1.79 bits per heavy atom. The van der Waals surface area contributed by atoms with Crippen molar-refractivity contribution in [2.75, 3.05) is 11.9 Å². The van der Waals surface area contributed by atoms with Gasteiger partial charge in [-0.1, -0.05) is 0 Å². The van der Waals surface area contributed by atoms with E-state index in [0.717, 1.165) is 23.9 Å². The summed E-state index contributed by atoms with van der Waals surface area (Å²) in [7, 11) is 0. The van der Waals surface area contributed by atoms with E-state index in [4.69, 9.17) is 0 Å². The minimum atomic E-state index is -0.516. The van der Waals surface area contributed by atoms with Gasteiger partial charge in [0.15, 0.2) is 5.82 Å². The van der Waals surface area contributed by atoms with Crippen molar-refractivity contribution >= 4 is 5.82 Å². The molecule has 100 valence electrons. The molecule has 0 aliphatic heterocycles. The van der Waals surface area contributed by atoms with Crippen molar-refractivity contribution < 1.29 is 8.78 Å². The third-order valence-corrected chi connectivity index (χ3v) is 2.83. The normalized spacial score (nSPS) is 10.6. The molecule has 0 aliphatic rings. The van der Waals surface area contributed by atoms with E-state index < -0.39 is 11.6 Å². The zero-order valence-electron chi connectivity index (χ0n) is 11.1. The van der Waals surface area contributed by atoms with Crippen LogP contribution < -0.4 is 5.32 Å². The molecule has 0 saturated carbocycles. The summed E-state index contributed by atoms with van der Waals surface area (Å²) < 4.78 is 27.1. The number of rotatable bonds is 3. The van der Waals surface area contributed by atoms with Gasteiger partial charge in [0.2, 0.25) is 0 Å². The summed E-state index contributed by atoms with van der Waals surface area (Å²) in [5.41, 5.74) is 1.91. The number of aryl methyl sites for hydroxylation is 2. The summed E-state index contributed by atoms with van der Waals surface area (Å²) in [6.07, 6.45) is 0. The molecule has 0 fully saturated rings. The molecule has 0 atom stereocenters. The van der Waals surface area contributed by atoms with Gasteiger partial charge in [-0.15, -0.1) is 0 Å². The predicted molar refractivity (Wildman–Crippen MR) is 71.0 cm³/mol. The number of halogens is 2. The highest BCUT2D eigenvalue weighted by molar-refractivity contribution is 5.72. The summed E-state index contributed by atoms with van der Waals surface area (Å²) in [4.78, 5) is 8.68. The molecule has 1 heterocycles. The van der Waals surface area contributed by atoms with Gasteiger partial charge >= 0.3 is 0 Å². The summed E-state index contributed by atoms with van der Waals surface area (Å²) in [5, 5.41) is 3.03. The lowest BCUT2D eigenvalue weighted by Crippen LogP contribution is -2.07. The number of anilines is 1. The first kappa shape index (κ1) is 13.4. The predicted octanol–water partition coefficient (Wildman–Crippen LogP) is 3.47. The highest BCUT2D eigenvalue weighted by Crippen LogP contribution is 2.28. The highest BCUT2D eigenvalue weighted by atomic mass is 19.1. The first-order valence-electron chi connectivity index (χ1n) is 6.07. The minimum absolute atomic E-state index is 0.117. The van der Waals surface area contributed by atoms with Gasteiger partial charge in [0.25, 0.3) is 0 Å². The molecule has 1 N–H and O–H groups in total. The molecule has 0 bridgehead atoms. The second-order valence-electron chi connectivity index (χ2n) is 4.25. The summed E-state index contributed by atoms with van der Waals surface area (Å²) in [6.45, 7) is 6.15. The van der Waals surface area contributed by atoms with Crippen molar-refractivity contribution in [2.24, 2.45) is 0 Å². The van der Waals surface area contributed by atoms with Crippen LogP contribution in [-0.2, 0) is 0 Å². The molecule has 2 rings (SSSR count). The Hall–Kier alpha value is -2.04. The van der Waals surface area contributed by atoms with Crippen molar-refractivity contribution in [3.05, 3.63) is 41.2 Å². The van der Waals surface area contributed by atoms with Gasteiger partial charge in [-0.2, -0.15) is 0 Å². The van der Waals surface area contributed by atoms with E-state index in [9.17, 15) is 8.78 Å². The third-order valence-electron chi connectivity index (χ3n) is 2.83. The van der Waals surface area contributed by atoms with Crippen LogP contribution in [0.1, 0.15) is 18.3 Å². The standard InChI is InChI=1S/C14H15F2N3/c1-4-17-14-13(18-8(2)9(3)19-14)11-7-10(15)5-6-12(11)16/h5-7H,4H2,1-3H3,(H,17,19). The quantitative estimate of drug-likeness (QED) is 0.921. The van der Waals surface area contributed by atoms with Crippen LogP contribution in [0.2, 0.25) is 0 Å². The van der Waals surface area contributed by atoms with Gasteiger partial charge in [0.05, 0.1) is 11.4 Å². The van der Waals surface area contributed by atoms with E-state index in [2.05, 4.69) is 15.3 Å². The van der Waals surface area contributed by atoms with E-state index in [0.29, 0.717) is 23.8 Å². The Balaban J connectivity index is 2.66. The van der Waals surface area contributed by atoms with E-state index >= 15 is 0 Å². The summed E-state index contributed by atoms with van der Waals surface area (Å²) >= 11 is 0. The van der Waals surface area contributed by atoms with Crippen LogP contribution in [0.4, 0.5) is 14.6 Å². The number of hydrogen-bond acceptors (Lipinski definition) is 3. The third kappa shape index (κ3) is 2.70. The van der Waals surface area contributed by atoms with Crippen molar-refractivity contribution in [1.82, 2.24) is 9.97 Å². The molecule has 3 nitrogen and oxygen atoms in total. The van der Waals surface area contributed by atoms with Crippen LogP contribution in [0.15, 0.2) is 18.2 Å². The van der Waals surface area contributed by atoms with Gasteiger partial charge in [-0.3, -0.25) is 0 Å². The Bertz CT molecular complexity index is 612. The average molecular weight is 263 g/mol. The first-order valence-corrected chi connectivity index (χ1v) is 6.07. The zero-order valence-corrected chi connectivity index (χ0v) is 11.1. The van der Waals surface area contributed by atoms with Crippen LogP contribution in [0, 0.1) is 25.5 Å². The van der Waals surface area contributed by atoms with Gasteiger partial charge in [0, 0.05) is 12.1 Å². The van der Waals surface area contributed by atoms with Crippen molar-refractivity contribution in [1.29, 1.82) is 0 Å². The monoisotopic (exact) mass is 263 g/mol. The molecule has 0 aliphatic carbocycles. The van der Waals surface area contributed by atoms with E-state index in [1.165, 1.54) is 0 Å². The number of hydrogen-bond donors (Lipinski definition) is 1. The van der Waals surface area contributed by atoms with E-state index in [-0.39, 0.29) is 5.56 Å². The van der Waals surface area contributed by atoms with Crippen LogP contribution in [0.25, 0.3) is 11.3 Å². The maximum Gasteiger partial charge on any atom is 0.153 e. The maximum atomic E-state index is 13.8. The number of nitrogens with zero attached hydrogens (tertiary/aromatic N) is 2. The van der Waals surface area contributed by atoms with E-state index in [1.54, 1.807) is 6.92 Å². The molecule has 2 aromatic rings. The second-order valence-corrected chi connectivity index (χ2v) is 4.25. The fourth-order valence-electron chi connectivity index (χ4n) is 1.76. The minimum Gasteiger partial charge on any atom is -0.369 e. The Labute approximate surface area is 110 Å². The van der Waals surface area contributed by atoms with Crippen molar-refractivity contribution in [2.45, 2.75) is 20.8 Å². The lowest BCUT2D eigenvalue weighted by Gasteiger charge is -2.12. The van der Waals surface area contributed by atoms with Gasteiger partial charge in [-0.25, -0.2) is 18.7 Å². The summed E-state index contributed by atoms with van der Waals surface area (Å²) in [5.74, 6) is -0.549. The van der Waals surface area contributed by atoms with Gasteiger partial charge in [-0.05, 0) is 39.0 Å². The molecule has 0 amide bonds. The van der Waals surface area contributed by atoms with Crippen LogP contribution >= 0.6 is 0 Å². The summed E-state index contributed by atoms with van der Waals surface area (Å²) in [6, 6.07) is 3.31. The molecular formula is C14H15F2N3. The molecule has 1 aromatic carbocycles. The topological polar surface area (TPSA) is 37.8 Å². The Morgan fingerprint density at radius 3 is 2.47 bits per heavy atom. The van der Waals surface area contributed by atoms with Crippen molar-refractivity contribution in [3.63, 3.8) is 0 Å². The molecule has 5 heteroatoms. The lowest BCUT2D eigenvalue weighted by atomic mass is 10.1. The van der Waals surface area contributed by atoms with Crippen LogP contribution in [-0.4, -0.2) is 16.5 Å². The largest absolute Gasteiger partial charge is 0.369 e. The molecule has 0 radical (unpaired) electrons. The maximum absolute atomic E-state index is 13.8. The smallest absolute Gasteiger partial charge is 0.153 e. The zero-order chi connectivity index (χ0) is 14.0. The number of benzene rings is 1. The van der Waals surface area contributed by atoms with E-state index in [1.807, 2.05) is 13.8 Å². The molecule has 0 spiro atoms. The highest BCUT2D eigenvalue weighted by Gasteiger charge is 2.15. The lowest BCUT2D eigenvalue weighted by molar-refractivity contribution is 0.602. The van der Waals surface area contributed by atoms with Gasteiger partial charge in [0.1, 0.15) is 17.3 Å². The fraction of sp³-hybridized carbons (Fsp3) is 0.286. The second kappa shape index (κ2) is 5.30. The van der Waals surface area contributed by atoms with Gasteiger partial charge < -0.3 is 5.32 Å². The Morgan fingerprint density at radius 1 is 1.11 bits per heavy atom. The fourth-order valence-corrected chi connectivity index (χ4v) is 1.76. The van der Waals surface area contributed by atoms with Crippen molar-refractivity contribution in [3.8, 4) is 11.3 Å². The number of aromatic nitrogens is 2. The first-order chi connectivity index (χ1) is 9.02. The molecular weight excluding hydrogens is 248 g/mol. The molecule has 0 saturated heterocycles. The Kier molecular flexibility index (Phi) is 3.74. The molecule has 1 aromatic heterocycles. The molecule has 19 heavy (non-hydrogen) atoms. The average Bonchev–Trinajstić information content (AvgIpc) is 2.37. The van der Waals surface area contributed by atoms with Crippen LogP contribution in [0.5, 0.6) is 0 Å². The molecule has 0 unspecified atom stereocenters. The van der Waals surface area contributed by atoms with Crippen LogP contribution in [0.3, 0.4) is 0 Å².